The van der Waals surface area contributed by atoms with Gasteiger partial charge in [-0.3, -0.25) is 10.2 Å². The highest BCUT2D eigenvalue weighted by molar-refractivity contribution is 5.91. The van der Waals surface area contributed by atoms with Crippen molar-refractivity contribution >= 4 is 17.7 Å². The lowest BCUT2D eigenvalue weighted by Crippen LogP contribution is -2.53. The van der Waals surface area contributed by atoms with Crippen LogP contribution in [0.5, 0.6) is 23.0 Å². The SMILES string of the molecule is CCCCCCCCCCOc1c(OC)cc(C=CC(=O)NN2CCN(c3cccc(OC)c3)CC2)cc1OC. The molecule has 2 aromatic carbocycles. The molecule has 1 heterocycles. The second kappa shape index (κ2) is 17.3. The normalized spacial score (nSPS) is 13.8. The Morgan fingerprint density at radius 2 is 1.50 bits per heavy atom. The van der Waals surface area contributed by atoms with Crippen molar-refractivity contribution in [2.24, 2.45) is 0 Å². The molecule has 8 heteroatoms. The van der Waals surface area contributed by atoms with Crippen LogP contribution in [0.3, 0.4) is 0 Å². The smallest absolute Gasteiger partial charge is 0.258 e. The van der Waals surface area contributed by atoms with E-state index < -0.39 is 0 Å². The number of anilines is 1. The van der Waals surface area contributed by atoms with Crippen molar-refractivity contribution in [3.8, 4) is 23.0 Å². The van der Waals surface area contributed by atoms with E-state index in [1.165, 1.54) is 44.6 Å². The van der Waals surface area contributed by atoms with Gasteiger partial charge in [-0.1, -0.05) is 57.9 Å². The maximum Gasteiger partial charge on any atom is 0.258 e. The number of unbranched alkanes of at least 4 members (excludes halogenated alkanes) is 7. The fraction of sp³-hybridized carbons (Fsp3) is 0.531. The number of hydrogen-bond acceptors (Lipinski definition) is 7. The van der Waals surface area contributed by atoms with E-state index in [-0.39, 0.29) is 5.91 Å². The molecule has 0 aliphatic carbocycles. The molecule has 2 aromatic rings. The topological polar surface area (TPSA) is 72.5 Å². The van der Waals surface area contributed by atoms with Gasteiger partial charge in [0.05, 0.1) is 27.9 Å². The van der Waals surface area contributed by atoms with Crippen LogP contribution in [0.4, 0.5) is 5.69 Å². The molecule has 0 bridgehead atoms. The molecule has 0 aromatic heterocycles. The van der Waals surface area contributed by atoms with Crippen molar-refractivity contribution in [2.75, 3.05) is 59.0 Å². The number of methoxy groups -OCH3 is 3. The lowest BCUT2D eigenvalue weighted by Gasteiger charge is -2.35. The molecule has 8 nitrogen and oxygen atoms in total. The van der Waals surface area contributed by atoms with Crippen molar-refractivity contribution in [3.63, 3.8) is 0 Å². The summed E-state index contributed by atoms with van der Waals surface area (Å²) < 4.78 is 22.6. The molecule has 1 saturated heterocycles. The number of rotatable bonds is 17. The van der Waals surface area contributed by atoms with Crippen LogP contribution in [0.2, 0.25) is 0 Å². The highest BCUT2D eigenvalue weighted by Crippen LogP contribution is 2.39. The molecule has 0 saturated carbocycles. The van der Waals surface area contributed by atoms with E-state index in [1.807, 2.05) is 35.3 Å². The molecule has 0 radical (unpaired) electrons. The Balaban J connectivity index is 1.46. The minimum Gasteiger partial charge on any atom is -0.497 e. The van der Waals surface area contributed by atoms with Crippen LogP contribution in [-0.4, -0.2) is 65.0 Å². The third kappa shape index (κ3) is 9.97. The Morgan fingerprint density at radius 3 is 2.12 bits per heavy atom. The monoisotopic (exact) mass is 553 g/mol. The van der Waals surface area contributed by atoms with Crippen LogP contribution in [0.25, 0.3) is 6.08 Å². The lowest BCUT2D eigenvalue weighted by molar-refractivity contribution is -0.121. The number of nitrogens with zero attached hydrogens (tertiary/aromatic N) is 2. The average Bonchev–Trinajstić information content (AvgIpc) is 2.99. The Kier molecular flexibility index (Phi) is 13.5. The number of hydrogen-bond donors (Lipinski definition) is 1. The van der Waals surface area contributed by atoms with Crippen molar-refractivity contribution in [1.82, 2.24) is 10.4 Å². The van der Waals surface area contributed by atoms with Crippen molar-refractivity contribution < 1.29 is 23.7 Å². The van der Waals surface area contributed by atoms with E-state index in [2.05, 4.69) is 23.3 Å². The Hall–Kier alpha value is -3.39. The average molecular weight is 554 g/mol. The first kappa shape index (κ1) is 31.1. The van der Waals surface area contributed by atoms with E-state index >= 15 is 0 Å². The van der Waals surface area contributed by atoms with E-state index in [4.69, 9.17) is 18.9 Å². The number of hydrazine groups is 1. The number of carbonyl (C=O) groups excluding carboxylic acids is 1. The lowest BCUT2D eigenvalue weighted by atomic mass is 10.1. The highest BCUT2D eigenvalue weighted by Gasteiger charge is 2.19. The van der Waals surface area contributed by atoms with Gasteiger partial charge in [0.1, 0.15) is 5.75 Å². The minimum absolute atomic E-state index is 0.178. The second-order valence-corrected chi connectivity index (χ2v) is 10.1. The van der Waals surface area contributed by atoms with E-state index in [1.54, 1.807) is 27.4 Å². The van der Waals surface area contributed by atoms with Gasteiger partial charge in [0.15, 0.2) is 11.5 Å². The summed E-state index contributed by atoms with van der Waals surface area (Å²) in [5, 5.41) is 1.95. The maximum atomic E-state index is 12.6. The van der Waals surface area contributed by atoms with Crippen molar-refractivity contribution in [2.45, 2.75) is 58.3 Å². The summed E-state index contributed by atoms with van der Waals surface area (Å²) in [5.74, 6) is 2.45. The maximum absolute atomic E-state index is 12.6. The first-order valence-electron chi connectivity index (χ1n) is 14.6. The largest absolute Gasteiger partial charge is 0.497 e. The van der Waals surface area contributed by atoms with Crippen LogP contribution >= 0.6 is 0 Å². The van der Waals surface area contributed by atoms with E-state index in [9.17, 15) is 4.79 Å². The summed E-state index contributed by atoms with van der Waals surface area (Å²) in [7, 11) is 4.90. The molecule has 0 unspecified atom stereocenters. The zero-order valence-electron chi connectivity index (χ0n) is 24.7. The summed E-state index contributed by atoms with van der Waals surface area (Å²) in [6, 6.07) is 11.8. The zero-order valence-corrected chi connectivity index (χ0v) is 24.7. The third-order valence-corrected chi connectivity index (χ3v) is 7.12. The van der Waals surface area contributed by atoms with E-state index in [0.717, 1.165) is 56.0 Å². The van der Waals surface area contributed by atoms with Crippen LogP contribution in [0, 0.1) is 0 Å². The fourth-order valence-electron chi connectivity index (χ4n) is 4.80. The third-order valence-electron chi connectivity index (χ3n) is 7.12. The molecule has 0 atom stereocenters. The zero-order chi connectivity index (χ0) is 28.6. The molecule has 3 rings (SSSR count). The number of carbonyl (C=O) groups is 1. The minimum atomic E-state index is -0.178. The number of nitrogens with one attached hydrogen (secondary N) is 1. The molecule has 0 spiro atoms. The van der Waals surface area contributed by atoms with Crippen LogP contribution in [0.15, 0.2) is 42.5 Å². The van der Waals surface area contributed by atoms with Crippen LogP contribution in [-0.2, 0) is 4.79 Å². The standard InChI is InChI=1S/C32H47N3O5/c1-5-6-7-8-9-10-11-12-22-40-32-29(38-3)23-26(24-30(32)39-4)16-17-31(36)33-35-20-18-34(19-21-35)27-14-13-15-28(25-27)37-2/h13-17,23-25H,5-12,18-22H2,1-4H3,(H,33,36). The quantitative estimate of drug-likeness (QED) is 0.187. The number of benzene rings is 2. The molecule has 1 N–H and O–H groups in total. The highest BCUT2D eigenvalue weighted by atomic mass is 16.5. The number of ether oxygens (including phenoxy) is 4. The second-order valence-electron chi connectivity index (χ2n) is 10.1. The van der Waals surface area contributed by atoms with Gasteiger partial charge in [-0.25, -0.2) is 5.01 Å². The predicted molar refractivity (Wildman–Crippen MR) is 162 cm³/mol. The molecule has 1 fully saturated rings. The first-order chi connectivity index (χ1) is 19.6. The molecular formula is C32H47N3O5. The number of piperazine rings is 1. The predicted octanol–water partition coefficient (Wildman–Crippen LogP) is 6.10. The van der Waals surface area contributed by atoms with Crippen molar-refractivity contribution in [1.29, 1.82) is 0 Å². The summed E-state index contributed by atoms with van der Waals surface area (Å²) in [6.07, 6.45) is 13.3. The van der Waals surface area contributed by atoms with Gasteiger partial charge in [0, 0.05) is 44.0 Å². The van der Waals surface area contributed by atoms with Gasteiger partial charge in [-0.15, -0.1) is 0 Å². The Morgan fingerprint density at radius 1 is 0.850 bits per heavy atom. The molecule has 1 aliphatic heterocycles. The first-order valence-corrected chi connectivity index (χ1v) is 14.6. The summed E-state index contributed by atoms with van der Waals surface area (Å²) in [4.78, 5) is 14.9. The van der Waals surface area contributed by atoms with E-state index in [0.29, 0.717) is 23.9 Å². The van der Waals surface area contributed by atoms with Gasteiger partial charge in [-0.2, -0.15) is 0 Å². The number of amides is 1. The van der Waals surface area contributed by atoms with Crippen LogP contribution < -0.4 is 29.3 Å². The van der Waals surface area contributed by atoms with Gasteiger partial charge >= 0.3 is 0 Å². The van der Waals surface area contributed by atoms with Crippen LogP contribution in [0.1, 0.15) is 63.9 Å². The summed E-state index contributed by atoms with van der Waals surface area (Å²) in [5.41, 5.74) is 4.90. The summed E-state index contributed by atoms with van der Waals surface area (Å²) in [6.45, 7) is 5.93. The summed E-state index contributed by atoms with van der Waals surface area (Å²) >= 11 is 0. The Labute approximate surface area is 240 Å². The van der Waals surface area contributed by atoms with Gasteiger partial charge in [0.2, 0.25) is 5.75 Å². The van der Waals surface area contributed by atoms with Gasteiger partial charge < -0.3 is 23.8 Å². The van der Waals surface area contributed by atoms with Gasteiger partial charge in [0.25, 0.3) is 5.91 Å². The molecular weight excluding hydrogens is 506 g/mol. The molecule has 220 valence electrons. The van der Waals surface area contributed by atoms with Gasteiger partial charge in [-0.05, 0) is 42.3 Å². The van der Waals surface area contributed by atoms with Crippen molar-refractivity contribution in [3.05, 3.63) is 48.0 Å². The molecule has 1 amide bonds. The molecule has 40 heavy (non-hydrogen) atoms. The Bertz CT molecular complexity index is 1040. The fourth-order valence-corrected chi connectivity index (χ4v) is 4.80. The molecule has 1 aliphatic rings.